The minimum absolute atomic E-state index is 0.270. The van der Waals surface area contributed by atoms with Crippen molar-refractivity contribution in [2.45, 2.75) is 70.8 Å². The van der Waals surface area contributed by atoms with Crippen LogP contribution in [-0.2, 0) is 4.79 Å². The molecule has 0 radical (unpaired) electrons. The maximum atomic E-state index is 12.0. The number of piperidine rings is 1. The number of nitrogens with one attached hydrogen (secondary N) is 2. The molecule has 2 fully saturated rings. The molecule has 1 aliphatic heterocycles. The summed E-state index contributed by atoms with van der Waals surface area (Å²) in [5, 5.41) is 6.67. The normalized spacial score (nSPS) is 29.7. The molecule has 0 aromatic heterocycles. The molecule has 1 aliphatic carbocycles. The van der Waals surface area contributed by atoms with E-state index in [4.69, 9.17) is 0 Å². The molecule has 1 amide bonds. The quantitative estimate of drug-likeness (QED) is 0.768. The molecule has 2 rings (SSSR count). The van der Waals surface area contributed by atoms with Gasteiger partial charge in [-0.1, -0.05) is 32.6 Å². The summed E-state index contributed by atoms with van der Waals surface area (Å²) in [6.45, 7) is 4.20. The van der Waals surface area contributed by atoms with E-state index in [9.17, 15) is 4.79 Å². The van der Waals surface area contributed by atoms with Gasteiger partial charge in [-0.25, -0.2) is 0 Å². The fourth-order valence-electron chi connectivity index (χ4n) is 3.51. The average molecular weight is 266 g/mol. The molecule has 2 unspecified atom stereocenters. The number of amides is 1. The van der Waals surface area contributed by atoms with Gasteiger partial charge < -0.3 is 10.6 Å². The third-order valence-corrected chi connectivity index (χ3v) is 4.90. The predicted molar refractivity (Wildman–Crippen MR) is 79.0 cm³/mol. The van der Waals surface area contributed by atoms with Crippen molar-refractivity contribution in [3.05, 3.63) is 0 Å². The standard InChI is InChI=1S/C16H30N2O/c1-13-7-6-10-17-15(13)12-18-16(19)11-14-8-4-2-3-5-9-14/h13-15,17H,2-12H2,1H3,(H,18,19). The molecular weight excluding hydrogens is 236 g/mol. The Hall–Kier alpha value is -0.570. The Morgan fingerprint density at radius 1 is 1.11 bits per heavy atom. The molecule has 0 spiro atoms. The second-order valence-electron chi connectivity index (χ2n) is 6.55. The first-order chi connectivity index (χ1) is 9.25. The fourth-order valence-corrected chi connectivity index (χ4v) is 3.51. The van der Waals surface area contributed by atoms with E-state index in [0.717, 1.165) is 19.5 Å². The molecule has 1 saturated carbocycles. The monoisotopic (exact) mass is 266 g/mol. The number of carbonyl (C=O) groups excluding carboxylic acids is 1. The van der Waals surface area contributed by atoms with Crippen LogP contribution in [0.3, 0.4) is 0 Å². The fraction of sp³-hybridized carbons (Fsp3) is 0.938. The highest BCUT2D eigenvalue weighted by atomic mass is 16.1. The van der Waals surface area contributed by atoms with E-state index in [-0.39, 0.29) is 5.91 Å². The zero-order valence-corrected chi connectivity index (χ0v) is 12.4. The maximum Gasteiger partial charge on any atom is 0.220 e. The van der Waals surface area contributed by atoms with Gasteiger partial charge in [0.2, 0.25) is 5.91 Å². The van der Waals surface area contributed by atoms with Crippen molar-refractivity contribution in [1.82, 2.24) is 10.6 Å². The minimum atomic E-state index is 0.270. The Bertz CT molecular complexity index is 272. The van der Waals surface area contributed by atoms with E-state index < -0.39 is 0 Å². The first-order valence-electron chi connectivity index (χ1n) is 8.26. The average Bonchev–Trinajstić information content (AvgIpc) is 2.66. The highest BCUT2D eigenvalue weighted by Crippen LogP contribution is 2.25. The van der Waals surface area contributed by atoms with Crippen LogP contribution in [0.25, 0.3) is 0 Å². The highest BCUT2D eigenvalue weighted by molar-refractivity contribution is 5.76. The van der Waals surface area contributed by atoms with E-state index in [1.165, 1.54) is 51.4 Å². The van der Waals surface area contributed by atoms with Gasteiger partial charge >= 0.3 is 0 Å². The van der Waals surface area contributed by atoms with Crippen LogP contribution in [0.5, 0.6) is 0 Å². The largest absolute Gasteiger partial charge is 0.355 e. The van der Waals surface area contributed by atoms with Crippen LogP contribution in [-0.4, -0.2) is 25.0 Å². The SMILES string of the molecule is CC1CCCNC1CNC(=O)CC1CCCCCC1. The highest BCUT2D eigenvalue weighted by Gasteiger charge is 2.22. The summed E-state index contributed by atoms with van der Waals surface area (Å²) >= 11 is 0. The van der Waals surface area contributed by atoms with E-state index in [1.807, 2.05) is 0 Å². The lowest BCUT2D eigenvalue weighted by molar-refractivity contribution is -0.122. The summed E-state index contributed by atoms with van der Waals surface area (Å²) in [6, 6.07) is 0.479. The van der Waals surface area contributed by atoms with Crippen molar-refractivity contribution in [2.75, 3.05) is 13.1 Å². The molecule has 2 N–H and O–H groups in total. The lowest BCUT2D eigenvalue weighted by atomic mass is 9.92. The zero-order chi connectivity index (χ0) is 13.5. The van der Waals surface area contributed by atoms with Crippen molar-refractivity contribution in [2.24, 2.45) is 11.8 Å². The van der Waals surface area contributed by atoms with Gasteiger partial charge in [-0.2, -0.15) is 0 Å². The summed E-state index contributed by atoms with van der Waals surface area (Å²) in [4.78, 5) is 12.0. The summed E-state index contributed by atoms with van der Waals surface area (Å²) in [7, 11) is 0. The molecule has 1 saturated heterocycles. The van der Waals surface area contributed by atoms with Gasteiger partial charge in [0, 0.05) is 19.0 Å². The number of carbonyl (C=O) groups is 1. The number of hydrogen-bond acceptors (Lipinski definition) is 2. The van der Waals surface area contributed by atoms with Crippen LogP contribution in [0.1, 0.15) is 64.7 Å². The van der Waals surface area contributed by atoms with E-state index in [2.05, 4.69) is 17.6 Å². The maximum absolute atomic E-state index is 12.0. The van der Waals surface area contributed by atoms with Crippen LogP contribution in [0.4, 0.5) is 0 Å². The van der Waals surface area contributed by atoms with Crippen LogP contribution in [0, 0.1) is 11.8 Å². The summed E-state index contributed by atoms with van der Waals surface area (Å²) in [5.41, 5.74) is 0. The van der Waals surface area contributed by atoms with Crippen LogP contribution >= 0.6 is 0 Å². The molecule has 0 aromatic rings. The molecule has 110 valence electrons. The molecule has 0 aromatic carbocycles. The minimum Gasteiger partial charge on any atom is -0.355 e. The van der Waals surface area contributed by atoms with Gasteiger partial charge in [-0.3, -0.25) is 4.79 Å². The summed E-state index contributed by atoms with van der Waals surface area (Å²) < 4.78 is 0. The van der Waals surface area contributed by atoms with E-state index in [1.54, 1.807) is 0 Å². The first-order valence-corrected chi connectivity index (χ1v) is 8.26. The van der Waals surface area contributed by atoms with Gasteiger partial charge in [-0.15, -0.1) is 0 Å². The van der Waals surface area contributed by atoms with Crippen molar-refractivity contribution >= 4 is 5.91 Å². The molecule has 0 bridgehead atoms. The van der Waals surface area contributed by atoms with Crippen molar-refractivity contribution in [3.63, 3.8) is 0 Å². The topological polar surface area (TPSA) is 41.1 Å². The van der Waals surface area contributed by atoms with Crippen molar-refractivity contribution in [1.29, 1.82) is 0 Å². The molecule has 2 aliphatic rings. The van der Waals surface area contributed by atoms with Crippen molar-refractivity contribution < 1.29 is 4.79 Å². The van der Waals surface area contributed by atoms with Crippen LogP contribution in [0.15, 0.2) is 0 Å². The molecule has 1 heterocycles. The van der Waals surface area contributed by atoms with Crippen LogP contribution in [0.2, 0.25) is 0 Å². The predicted octanol–water partition coefficient (Wildman–Crippen LogP) is 2.85. The van der Waals surface area contributed by atoms with Gasteiger partial charge in [0.25, 0.3) is 0 Å². The van der Waals surface area contributed by atoms with Crippen molar-refractivity contribution in [3.8, 4) is 0 Å². The van der Waals surface area contributed by atoms with E-state index in [0.29, 0.717) is 17.9 Å². The molecule has 3 heteroatoms. The van der Waals surface area contributed by atoms with Gasteiger partial charge in [0.1, 0.15) is 0 Å². The van der Waals surface area contributed by atoms with Crippen LogP contribution < -0.4 is 10.6 Å². The third-order valence-electron chi connectivity index (χ3n) is 4.90. The van der Waals surface area contributed by atoms with Gasteiger partial charge in [0.05, 0.1) is 0 Å². The second kappa shape index (κ2) is 7.88. The van der Waals surface area contributed by atoms with Gasteiger partial charge in [-0.05, 0) is 44.1 Å². The third kappa shape index (κ3) is 5.13. The molecule has 19 heavy (non-hydrogen) atoms. The smallest absolute Gasteiger partial charge is 0.220 e. The Morgan fingerprint density at radius 2 is 1.84 bits per heavy atom. The second-order valence-corrected chi connectivity index (χ2v) is 6.55. The summed E-state index contributed by atoms with van der Waals surface area (Å²) in [5.74, 6) is 1.60. The lowest BCUT2D eigenvalue weighted by Crippen LogP contribution is -2.48. The number of hydrogen-bond donors (Lipinski definition) is 2. The number of rotatable bonds is 4. The Kier molecular flexibility index (Phi) is 6.15. The molecular formula is C16H30N2O. The molecule has 2 atom stereocenters. The Labute approximate surface area is 117 Å². The van der Waals surface area contributed by atoms with Gasteiger partial charge in [0.15, 0.2) is 0 Å². The Morgan fingerprint density at radius 3 is 2.53 bits per heavy atom. The Balaban J connectivity index is 1.65. The van der Waals surface area contributed by atoms with E-state index >= 15 is 0 Å². The zero-order valence-electron chi connectivity index (χ0n) is 12.4. The first kappa shape index (κ1) is 14.8. The molecule has 3 nitrogen and oxygen atoms in total. The lowest BCUT2D eigenvalue weighted by Gasteiger charge is -2.30. The summed E-state index contributed by atoms with van der Waals surface area (Å²) in [6.07, 6.45) is 11.2.